The van der Waals surface area contributed by atoms with Gasteiger partial charge in [0.15, 0.2) is 0 Å². The summed E-state index contributed by atoms with van der Waals surface area (Å²) in [6.45, 7) is 7.70. The number of alkyl halides is 1. The van der Waals surface area contributed by atoms with Gasteiger partial charge in [0.25, 0.3) is 0 Å². The maximum absolute atomic E-state index is 5.82. The largest absolute Gasteiger partial charge is 0.379 e. The van der Waals surface area contributed by atoms with Gasteiger partial charge in [-0.3, -0.25) is 0 Å². The van der Waals surface area contributed by atoms with Crippen molar-refractivity contribution in [1.29, 1.82) is 0 Å². The Balaban J connectivity index is 3.26. The Bertz CT molecular complexity index is 139. The fourth-order valence-corrected chi connectivity index (χ4v) is 2.52. The molecule has 0 aliphatic rings. The molecule has 0 saturated heterocycles. The summed E-state index contributed by atoms with van der Waals surface area (Å²) in [6, 6.07) is 0. The van der Waals surface area contributed by atoms with Gasteiger partial charge in [-0.05, 0) is 32.1 Å². The lowest BCUT2D eigenvalue weighted by Gasteiger charge is -2.15. The Morgan fingerprint density at radius 2 is 1.75 bits per heavy atom. The molecule has 0 N–H and O–H groups in total. The molecule has 0 amide bonds. The lowest BCUT2D eigenvalue weighted by atomic mass is 10.1. The minimum absolute atomic E-state index is 0.452. The average molecular weight is 293 g/mol. The summed E-state index contributed by atoms with van der Waals surface area (Å²) in [5.41, 5.74) is 0. The van der Waals surface area contributed by atoms with Gasteiger partial charge in [0.2, 0.25) is 0 Å². The van der Waals surface area contributed by atoms with Crippen LogP contribution in [0.4, 0.5) is 0 Å². The van der Waals surface area contributed by atoms with Gasteiger partial charge >= 0.3 is 0 Å². The summed E-state index contributed by atoms with van der Waals surface area (Å²) < 4.78 is 5.82. The SMILES string of the molecule is CCCCCCC(C)OCCC(C)CCBr. The molecule has 1 nitrogen and oxygen atoms in total. The van der Waals surface area contributed by atoms with Gasteiger partial charge in [-0.25, -0.2) is 0 Å². The summed E-state index contributed by atoms with van der Waals surface area (Å²) in [4.78, 5) is 0. The van der Waals surface area contributed by atoms with E-state index in [0.717, 1.165) is 17.9 Å². The highest BCUT2D eigenvalue weighted by Crippen LogP contribution is 2.12. The maximum atomic E-state index is 5.82. The summed E-state index contributed by atoms with van der Waals surface area (Å²) in [5.74, 6) is 0.784. The molecular weight excluding hydrogens is 264 g/mol. The molecule has 0 aromatic carbocycles. The molecule has 98 valence electrons. The molecule has 0 rings (SSSR count). The zero-order valence-corrected chi connectivity index (χ0v) is 12.9. The number of unbranched alkanes of at least 4 members (excludes halogenated alkanes) is 3. The first kappa shape index (κ1) is 16.4. The van der Waals surface area contributed by atoms with Crippen LogP contribution in [0.15, 0.2) is 0 Å². The van der Waals surface area contributed by atoms with Crippen LogP contribution in [0, 0.1) is 5.92 Å². The van der Waals surface area contributed by atoms with E-state index in [1.54, 1.807) is 0 Å². The average Bonchev–Trinajstić information content (AvgIpc) is 2.25. The molecule has 2 atom stereocenters. The highest BCUT2D eigenvalue weighted by Gasteiger charge is 2.04. The third kappa shape index (κ3) is 10.9. The van der Waals surface area contributed by atoms with Crippen molar-refractivity contribution in [1.82, 2.24) is 0 Å². The Morgan fingerprint density at radius 3 is 2.38 bits per heavy atom. The first-order valence-electron chi connectivity index (χ1n) is 6.88. The maximum Gasteiger partial charge on any atom is 0.0547 e. The monoisotopic (exact) mass is 292 g/mol. The Morgan fingerprint density at radius 1 is 1.00 bits per heavy atom. The highest BCUT2D eigenvalue weighted by atomic mass is 79.9. The lowest BCUT2D eigenvalue weighted by molar-refractivity contribution is 0.0504. The second kappa shape index (κ2) is 11.9. The van der Waals surface area contributed by atoms with Crippen molar-refractivity contribution in [3.8, 4) is 0 Å². The van der Waals surface area contributed by atoms with Crippen molar-refractivity contribution in [2.45, 2.75) is 71.8 Å². The van der Waals surface area contributed by atoms with Crippen molar-refractivity contribution >= 4 is 15.9 Å². The lowest BCUT2D eigenvalue weighted by Crippen LogP contribution is -2.11. The van der Waals surface area contributed by atoms with E-state index in [4.69, 9.17) is 4.74 Å². The van der Waals surface area contributed by atoms with Crippen LogP contribution >= 0.6 is 15.9 Å². The summed E-state index contributed by atoms with van der Waals surface area (Å²) in [7, 11) is 0. The van der Waals surface area contributed by atoms with Crippen LogP contribution in [0.25, 0.3) is 0 Å². The molecule has 2 heteroatoms. The molecule has 0 bridgehead atoms. The van der Waals surface area contributed by atoms with Gasteiger partial charge in [-0.2, -0.15) is 0 Å². The number of ether oxygens (including phenoxy) is 1. The van der Waals surface area contributed by atoms with E-state index in [0.29, 0.717) is 6.10 Å². The molecular formula is C14H29BrO. The molecule has 0 spiro atoms. The van der Waals surface area contributed by atoms with E-state index in [2.05, 4.69) is 36.7 Å². The van der Waals surface area contributed by atoms with Crippen LogP contribution in [0.5, 0.6) is 0 Å². The Hall–Kier alpha value is 0.440. The van der Waals surface area contributed by atoms with E-state index in [1.165, 1.54) is 44.9 Å². The van der Waals surface area contributed by atoms with Crippen molar-refractivity contribution in [2.24, 2.45) is 5.92 Å². The van der Waals surface area contributed by atoms with Crippen LogP contribution in [-0.4, -0.2) is 18.0 Å². The van der Waals surface area contributed by atoms with E-state index in [9.17, 15) is 0 Å². The number of halogens is 1. The number of rotatable bonds is 11. The van der Waals surface area contributed by atoms with E-state index in [1.807, 2.05) is 0 Å². The molecule has 0 heterocycles. The standard InChI is InChI=1S/C14H29BrO/c1-4-5-6-7-8-14(3)16-12-10-13(2)9-11-15/h13-14H,4-12H2,1-3H3. The molecule has 0 aliphatic heterocycles. The normalized spacial score (nSPS) is 15.0. The quantitative estimate of drug-likeness (QED) is 0.377. The fourth-order valence-electron chi connectivity index (χ4n) is 1.74. The first-order chi connectivity index (χ1) is 7.70. The third-order valence-electron chi connectivity index (χ3n) is 3.08. The smallest absolute Gasteiger partial charge is 0.0547 e. The second-order valence-electron chi connectivity index (χ2n) is 4.90. The van der Waals surface area contributed by atoms with E-state index >= 15 is 0 Å². The van der Waals surface area contributed by atoms with Gasteiger partial charge < -0.3 is 4.74 Å². The number of hydrogen-bond acceptors (Lipinski definition) is 1. The van der Waals surface area contributed by atoms with Crippen molar-refractivity contribution in [3.05, 3.63) is 0 Å². The van der Waals surface area contributed by atoms with Gasteiger partial charge in [0.1, 0.15) is 0 Å². The highest BCUT2D eigenvalue weighted by molar-refractivity contribution is 9.09. The van der Waals surface area contributed by atoms with Crippen molar-refractivity contribution in [2.75, 3.05) is 11.9 Å². The Labute approximate surface area is 110 Å². The zero-order valence-electron chi connectivity index (χ0n) is 11.3. The topological polar surface area (TPSA) is 9.23 Å². The fraction of sp³-hybridized carbons (Fsp3) is 1.00. The van der Waals surface area contributed by atoms with Crippen LogP contribution in [0.3, 0.4) is 0 Å². The minimum atomic E-state index is 0.452. The molecule has 0 aliphatic carbocycles. The second-order valence-corrected chi connectivity index (χ2v) is 5.70. The molecule has 0 aromatic heterocycles. The summed E-state index contributed by atoms with van der Waals surface area (Å²) in [5, 5.41) is 1.11. The van der Waals surface area contributed by atoms with Crippen LogP contribution < -0.4 is 0 Å². The minimum Gasteiger partial charge on any atom is -0.379 e. The predicted octanol–water partition coefficient (Wildman–Crippen LogP) is 5.17. The first-order valence-corrected chi connectivity index (χ1v) is 8.00. The third-order valence-corrected chi connectivity index (χ3v) is 3.54. The molecule has 0 saturated carbocycles. The molecule has 0 fully saturated rings. The predicted molar refractivity (Wildman–Crippen MR) is 76.4 cm³/mol. The van der Waals surface area contributed by atoms with Gasteiger partial charge in [-0.15, -0.1) is 0 Å². The van der Waals surface area contributed by atoms with Gasteiger partial charge in [0.05, 0.1) is 6.10 Å². The molecule has 0 aromatic rings. The van der Waals surface area contributed by atoms with Crippen molar-refractivity contribution < 1.29 is 4.74 Å². The van der Waals surface area contributed by atoms with Gasteiger partial charge in [-0.1, -0.05) is 55.5 Å². The summed E-state index contributed by atoms with van der Waals surface area (Å²) >= 11 is 3.48. The van der Waals surface area contributed by atoms with Gasteiger partial charge in [0, 0.05) is 11.9 Å². The Kier molecular flexibility index (Phi) is 12.2. The van der Waals surface area contributed by atoms with Crippen LogP contribution in [-0.2, 0) is 4.74 Å². The zero-order chi connectivity index (χ0) is 12.2. The van der Waals surface area contributed by atoms with E-state index < -0.39 is 0 Å². The molecule has 2 unspecified atom stereocenters. The van der Waals surface area contributed by atoms with Crippen molar-refractivity contribution in [3.63, 3.8) is 0 Å². The van der Waals surface area contributed by atoms with Crippen LogP contribution in [0.2, 0.25) is 0 Å². The number of hydrogen-bond donors (Lipinski definition) is 0. The molecule has 16 heavy (non-hydrogen) atoms. The van der Waals surface area contributed by atoms with E-state index in [-0.39, 0.29) is 0 Å². The van der Waals surface area contributed by atoms with Crippen LogP contribution in [0.1, 0.15) is 65.7 Å². The molecule has 0 radical (unpaired) electrons. The summed E-state index contributed by atoms with van der Waals surface area (Å²) in [6.07, 6.45) is 9.52.